The third kappa shape index (κ3) is 6.15. The standard InChI is InChI=1S/FHO4S2/c1-6(2)5-7(3)4/h(H,3,4). The molecule has 0 fully saturated rings. The largest absolute Gasteiger partial charge is 0.360 e. The normalized spacial score (nSPS) is 18.6. The molecule has 4 nitrogen and oxygen atoms in total. The minimum atomic E-state index is -3.15. The molecule has 2 atom stereocenters. The molecule has 0 rings (SSSR count). The lowest BCUT2D eigenvalue weighted by molar-refractivity contribution is 0.455. The third-order valence-corrected chi connectivity index (χ3v) is 1.01. The summed E-state index contributed by atoms with van der Waals surface area (Å²) in [4.78, 5) is 0. The van der Waals surface area contributed by atoms with Gasteiger partial charge in [-0.25, -0.2) is 0 Å². The van der Waals surface area contributed by atoms with E-state index < -0.39 is 22.8 Å². The molecule has 44 valence electrons. The Kier molecular flexibility index (Phi) is 3.26. The second kappa shape index (κ2) is 3.19. The van der Waals surface area contributed by atoms with Gasteiger partial charge in [0.1, 0.15) is 0 Å². The highest BCUT2D eigenvalue weighted by Crippen LogP contribution is 1.86. The van der Waals surface area contributed by atoms with Crippen molar-refractivity contribution in [1.29, 1.82) is 0 Å². The van der Waals surface area contributed by atoms with E-state index in [1.54, 1.807) is 0 Å². The van der Waals surface area contributed by atoms with Crippen LogP contribution < -0.4 is 0 Å². The van der Waals surface area contributed by atoms with Crippen molar-refractivity contribution in [2.75, 3.05) is 0 Å². The van der Waals surface area contributed by atoms with Gasteiger partial charge in [0, 0.05) is 0 Å². The van der Waals surface area contributed by atoms with Crippen LogP contribution in [0.15, 0.2) is 0 Å². The first-order valence-corrected chi connectivity index (χ1v) is 3.01. The van der Waals surface area contributed by atoms with E-state index >= 15 is 0 Å². The summed E-state index contributed by atoms with van der Waals surface area (Å²) in [6, 6.07) is 0. The molecule has 0 saturated carbocycles. The number of hydrogen-bond donors (Lipinski definition) is 1. The molecule has 0 aliphatic carbocycles. The van der Waals surface area contributed by atoms with Crippen molar-refractivity contribution in [2.24, 2.45) is 0 Å². The summed E-state index contributed by atoms with van der Waals surface area (Å²) in [5.41, 5.74) is 0. The smallest absolute Gasteiger partial charge is 0.283 e. The predicted molar refractivity (Wildman–Crippen MR) is 21.1 cm³/mol. The van der Waals surface area contributed by atoms with Crippen LogP contribution in [-0.2, 0) is 26.5 Å². The van der Waals surface area contributed by atoms with Crippen LogP contribution in [0.1, 0.15) is 0 Å². The fourth-order valence-electron chi connectivity index (χ4n) is 0.0458. The minimum absolute atomic E-state index is 2.77. The summed E-state index contributed by atoms with van der Waals surface area (Å²) in [5, 5.41) is 0. The fourth-order valence-corrected chi connectivity index (χ4v) is 0.412. The molecule has 0 spiro atoms. The first kappa shape index (κ1) is 7.15. The van der Waals surface area contributed by atoms with Crippen LogP contribution in [0.25, 0.3) is 0 Å². The van der Waals surface area contributed by atoms with E-state index in [0.717, 1.165) is 0 Å². The second-order valence-corrected chi connectivity index (χ2v) is 1.85. The SMILES string of the molecule is O=S(O)OS(=O)F. The Bertz CT molecular complexity index is 85.9. The molecular formula is HFO4S2. The van der Waals surface area contributed by atoms with Gasteiger partial charge in [0.15, 0.2) is 0 Å². The van der Waals surface area contributed by atoms with Crippen LogP contribution in [0.2, 0.25) is 0 Å². The molecule has 0 aliphatic rings. The number of hydrogen-bond acceptors (Lipinski definition) is 3. The summed E-state index contributed by atoms with van der Waals surface area (Å²) in [7, 11) is 0. The second-order valence-electron chi connectivity index (χ2n) is 0.479. The zero-order valence-corrected chi connectivity index (χ0v) is 4.50. The third-order valence-electron chi connectivity index (χ3n) is 0.112. The lowest BCUT2D eigenvalue weighted by atomic mass is 15.8. The highest BCUT2D eigenvalue weighted by molar-refractivity contribution is 7.88. The van der Waals surface area contributed by atoms with Gasteiger partial charge in [0.25, 0.3) is 0 Å². The van der Waals surface area contributed by atoms with Gasteiger partial charge < -0.3 is 0 Å². The zero-order chi connectivity index (χ0) is 5.86. The van der Waals surface area contributed by atoms with E-state index in [1.165, 1.54) is 0 Å². The Morgan fingerprint density at radius 1 is 1.57 bits per heavy atom. The summed E-state index contributed by atoms with van der Waals surface area (Å²) in [6.45, 7) is 0. The molecule has 0 heterocycles. The Morgan fingerprint density at radius 2 is 2.00 bits per heavy atom. The van der Waals surface area contributed by atoms with Crippen LogP contribution in [0.5, 0.6) is 0 Å². The van der Waals surface area contributed by atoms with Crippen LogP contribution in [0.4, 0.5) is 3.89 Å². The molecule has 0 aromatic rings. The Morgan fingerprint density at radius 3 is 2.00 bits per heavy atom. The molecule has 0 saturated heterocycles. The maximum atomic E-state index is 10.8. The molecule has 7 heteroatoms. The van der Waals surface area contributed by atoms with Crippen LogP contribution in [0.3, 0.4) is 0 Å². The lowest BCUT2D eigenvalue weighted by Crippen LogP contribution is -1.92. The molecule has 2 unspecified atom stereocenters. The van der Waals surface area contributed by atoms with Gasteiger partial charge in [-0.2, -0.15) is 8.42 Å². The molecule has 0 bridgehead atoms. The van der Waals surface area contributed by atoms with Crippen molar-refractivity contribution in [2.45, 2.75) is 0 Å². The van der Waals surface area contributed by atoms with Crippen LogP contribution in [0, 0.1) is 0 Å². The van der Waals surface area contributed by atoms with Crippen molar-refractivity contribution in [3.8, 4) is 0 Å². The molecule has 0 aromatic carbocycles. The van der Waals surface area contributed by atoms with E-state index in [2.05, 4.69) is 3.63 Å². The predicted octanol–water partition coefficient (Wildman–Crippen LogP) is -0.312. The molecule has 0 amide bonds. The molecule has 7 heavy (non-hydrogen) atoms. The topological polar surface area (TPSA) is 63.6 Å². The van der Waals surface area contributed by atoms with E-state index in [0.29, 0.717) is 0 Å². The van der Waals surface area contributed by atoms with E-state index in [-0.39, 0.29) is 0 Å². The lowest BCUT2D eigenvalue weighted by Gasteiger charge is -1.80. The van der Waals surface area contributed by atoms with Crippen molar-refractivity contribution in [1.82, 2.24) is 0 Å². The average molecular weight is 148 g/mol. The Labute approximate surface area is 44.1 Å². The average Bonchev–Trinajstić information content (AvgIpc) is 1.27. The maximum Gasteiger partial charge on any atom is 0.360 e. The Balaban J connectivity index is 3.32. The van der Waals surface area contributed by atoms with Gasteiger partial charge in [-0.3, -0.25) is 4.55 Å². The maximum absolute atomic E-state index is 10.8. The Hall–Kier alpha value is 0.150. The molecular weight excluding hydrogens is 147 g/mol. The highest BCUT2D eigenvalue weighted by atomic mass is 32.3. The number of rotatable bonds is 2. The summed E-state index contributed by atoms with van der Waals surface area (Å²) >= 11 is -5.92. The highest BCUT2D eigenvalue weighted by Gasteiger charge is 1.98. The zero-order valence-electron chi connectivity index (χ0n) is 2.87. The van der Waals surface area contributed by atoms with Crippen molar-refractivity contribution >= 4 is 22.8 Å². The van der Waals surface area contributed by atoms with Crippen molar-refractivity contribution < 1.29 is 20.5 Å². The molecule has 1 N–H and O–H groups in total. The van der Waals surface area contributed by atoms with Crippen LogP contribution in [-0.4, -0.2) is 13.0 Å². The summed E-state index contributed by atoms with van der Waals surface area (Å²) in [5.74, 6) is 0. The monoisotopic (exact) mass is 148 g/mol. The molecule has 0 aromatic heterocycles. The first-order valence-electron chi connectivity index (χ1n) is 1.00. The molecule has 0 radical (unpaired) electrons. The van der Waals surface area contributed by atoms with E-state index in [4.69, 9.17) is 8.76 Å². The van der Waals surface area contributed by atoms with Gasteiger partial charge in [-0.15, -0.1) is 7.52 Å². The first-order chi connectivity index (χ1) is 3.13. The molecule has 0 aliphatic heterocycles. The van der Waals surface area contributed by atoms with E-state index in [9.17, 15) is 8.09 Å². The minimum Gasteiger partial charge on any atom is -0.283 e. The van der Waals surface area contributed by atoms with Gasteiger partial charge in [0.2, 0.25) is 0 Å². The fraction of sp³-hybridized carbons (Fsp3) is 0. The van der Waals surface area contributed by atoms with Crippen molar-refractivity contribution in [3.63, 3.8) is 0 Å². The summed E-state index contributed by atoms with van der Waals surface area (Å²) in [6.07, 6.45) is 0. The van der Waals surface area contributed by atoms with Gasteiger partial charge in [0.05, 0.1) is 0 Å². The summed E-state index contributed by atoms with van der Waals surface area (Å²) < 4.78 is 39.9. The quantitative estimate of drug-likeness (QED) is 0.431. The van der Waals surface area contributed by atoms with E-state index in [1.807, 2.05) is 0 Å². The van der Waals surface area contributed by atoms with Crippen LogP contribution >= 0.6 is 0 Å². The van der Waals surface area contributed by atoms with Gasteiger partial charge in [-0.1, -0.05) is 0 Å². The number of halogens is 1. The van der Waals surface area contributed by atoms with Gasteiger partial charge >= 0.3 is 22.8 Å². The van der Waals surface area contributed by atoms with Crippen molar-refractivity contribution in [3.05, 3.63) is 0 Å². The van der Waals surface area contributed by atoms with Gasteiger partial charge in [-0.05, 0) is 0 Å².